The molecular formula is C11H14F3N3O2. The molecule has 1 aromatic rings. The van der Waals surface area contributed by atoms with Gasteiger partial charge >= 0.3 is 0 Å². The lowest BCUT2D eigenvalue weighted by Crippen LogP contribution is -2.31. The first-order valence-corrected chi connectivity index (χ1v) is 5.38. The molecule has 0 saturated carbocycles. The van der Waals surface area contributed by atoms with Crippen molar-refractivity contribution in [3.8, 4) is 0 Å². The van der Waals surface area contributed by atoms with E-state index in [9.17, 15) is 13.2 Å². The molecule has 0 radical (unpaired) electrons. The van der Waals surface area contributed by atoms with Gasteiger partial charge < -0.3 is 21.4 Å². The van der Waals surface area contributed by atoms with Gasteiger partial charge in [0.15, 0.2) is 5.84 Å². The van der Waals surface area contributed by atoms with E-state index in [2.05, 4.69) is 10.5 Å². The maximum atomic E-state index is 13.2. The van der Waals surface area contributed by atoms with Crippen LogP contribution in [-0.2, 0) is 6.54 Å². The lowest BCUT2D eigenvalue weighted by atomic mass is 10.1. The maximum Gasteiger partial charge on any atom is 0.265 e. The second-order valence-electron chi connectivity index (χ2n) is 3.87. The van der Waals surface area contributed by atoms with Gasteiger partial charge in [-0.15, -0.1) is 0 Å². The van der Waals surface area contributed by atoms with Gasteiger partial charge in [0, 0.05) is 18.7 Å². The molecular weight excluding hydrogens is 263 g/mol. The van der Waals surface area contributed by atoms with Crippen molar-refractivity contribution in [3.63, 3.8) is 0 Å². The first kappa shape index (κ1) is 15.3. The molecule has 106 valence electrons. The van der Waals surface area contributed by atoms with E-state index in [1.54, 1.807) is 0 Å². The van der Waals surface area contributed by atoms with Crippen molar-refractivity contribution in [2.75, 3.05) is 6.54 Å². The van der Waals surface area contributed by atoms with E-state index in [-0.39, 0.29) is 24.5 Å². The van der Waals surface area contributed by atoms with Gasteiger partial charge in [-0.3, -0.25) is 0 Å². The van der Waals surface area contributed by atoms with E-state index in [1.165, 1.54) is 12.1 Å². The summed E-state index contributed by atoms with van der Waals surface area (Å²) in [6.45, 7) is -0.264. The molecule has 0 spiro atoms. The number of nitrogens with two attached hydrogens (primary N) is 1. The maximum absolute atomic E-state index is 13.2. The van der Waals surface area contributed by atoms with Gasteiger partial charge in [-0.25, -0.2) is 13.2 Å². The fourth-order valence-corrected chi connectivity index (χ4v) is 1.41. The van der Waals surface area contributed by atoms with Crippen molar-refractivity contribution in [1.29, 1.82) is 0 Å². The minimum Gasteiger partial charge on any atom is -0.409 e. The number of nitrogens with one attached hydrogen (secondary N) is 1. The van der Waals surface area contributed by atoms with E-state index in [4.69, 9.17) is 16.0 Å². The molecule has 0 saturated heterocycles. The van der Waals surface area contributed by atoms with E-state index < -0.39 is 18.3 Å². The lowest BCUT2D eigenvalue weighted by Gasteiger charge is -2.11. The van der Waals surface area contributed by atoms with Gasteiger partial charge in [-0.05, 0) is 23.8 Å². The van der Waals surface area contributed by atoms with Crippen molar-refractivity contribution in [1.82, 2.24) is 5.32 Å². The summed E-state index contributed by atoms with van der Waals surface area (Å²) in [5.41, 5.74) is 5.92. The van der Waals surface area contributed by atoms with Crippen LogP contribution >= 0.6 is 0 Å². The first-order valence-electron chi connectivity index (χ1n) is 5.38. The molecule has 0 heterocycles. The summed E-state index contributed by atoms with van der Waals surface area (Å²) in [5, 5.41) is 22.7. The van der Waals surface area contributed by atoms with Gasteiger partial charge in [0.2, 0.25) is 0 Å². The number of aliphatic hydroxyl groups is 1. The molecule has 8 heteroatoms. The normalized spacial score (nSPS) is 13.8. The van der Waals surface area contributed by atoms with Crippen molar-refractivity contribution < 1.29 is 23.5 Å². The highest BCUT2D eigenvalue weighted by molar-refractivity contribution is 5.97. The first-order chi connectivity index (χ1) is 8.93. The Morgan fingerprint density at radius 2 is 2.05 bits per heavy atom. The molecule has 0 aliphatic carbocycles. The number of benzene rings is 1. The molecule has 1 atom stereocenters. The smallest absolute Gasteiger partial charge is 0.265 e. The fraction of sp³-hybridized carbons (Fsp3) is 0.364. The van der Waals surface area contributed by atoms with Crippen LogP contribution in [-0.4, -0.2) is 35.2 Å². The number of halogens is 3. The third-order valence-corrected chi connectivity index (χ3v) is 2.33. The summed E-state index contributed by atoms with van der Waals surface area (Å²) < 4.78 is 37.3. The second-order valence-corrected chi connectivity index (χ2v) is 3.87. The number of oxime groups is 1. The van der Waals surface area contributed by atoms with E-state index in [1.807, 2.05) is 0 Å². The molecule has 1 aromatic carbocycles. The third-order valence-electron chi connectivity index (χ3n) is 2.33. The summed E-state index contributed by atoms with van der Waals surface area (Å²) in [6.07, 6.45) is -4.62. The van der Waals surface area contributed by atoms with Crippen LogP contribution in [0.2, 0.25) is 0 Å². The van der Waals surface area contributed by atoms with Crippen LogP contribution in [0, 0.1) is 5.82 Å². The minimum absolute atomic E-state index is 0.0627. The van der Waals surface area contributed by atoms with Crippen LogP contribution in [0.3, 0.4) is 0 Å². The highest BCUT2D eigenvalue weighted by atomic mass is 19.3. The monoisotopic (exact) mass is 277 g/mol. The van der Waals surface area contributed by atoms with Gasteiger partial charge in [-0.2, -0.15) is 0 Å². The fourth-order valence-electron chi connectivity index (χ4n) is 1.41. The Morgan fingerprint density at radius 1 is 1.37 bits per heavy atom. The van der Waals surface area contributed by atoms with Crippen LogP contribution in [0.15, 0.2) is 23.4 Å². The highest BCUT2D eigenvalue weighted by Crippen LogP contribution is 2.09. The van der Waals surface area contributed by atoms with Gasteiger partial charge in [-0.1, -0.05) is 5.16 Å². The highest BCUT2D eigenvalue weighted by Gasteiger charge is 2.15. The SMILES string of the molecule is N/C(=N/O)c1cc(F)cc(CNCC(O)C(F)F)c1. The van der Waals surface area contributed by atoms with Crippen molar-refractivity contribution in [2.24, 2.45) is 10.9 Å². The summed E-state index contributed by atoms with van der Waals surface area (Å²) in [5.74, 6) is -0.858. The van der Waals surface area contributed by atoms with Crippen molar-refractivity contribution in [3.05, 3.63) is 35.1 Å². The zero-order valence-corrected chi connectivity index (χ0v) is 9.85. The summed E-state index contributed by atoms with van der Waals surface area (Å²) in [4.78, 5) is 0. The standard InChI is InChI=1S/C11H14F3N3O2/c12-8-2-6(1-7(3-8)11(15)17-19)4-16-5-9(18)10(13)14/h1-3,9-10,16,18-19H,4-5H2,(H2,15,17). The molecule has 19 heavy (non-hydrogen) atoms. The zero-order chi connectivity index (χ0) is 14.4. The Kier molecular flexibility index (Phi) is 5.58. The summed E-state index contributed by atoms with van der Waals surface area (Å²) in [7, 11) is 0. The average Bonchev–Trinajstić information content (AvgIpc) is 2.36. The predicted octanol–water partition coefficient (Wildman–Crippen LogP) is 0.636. The zero-order valence-electron chi connectivity index (χ0n) is 9.85. The Labute approximate surface area is 107 Å². The lowest BCUT2D eigenvalue weighted by molar-refractivity contribution is -0.00341. The quantitative estimate of drug-likeness (QED) is 0.266. The second kappa shape index (κ2) is 6.95. The van der Waals surface area contributed by atoms with Gasteiger partial charge in [0.1, 0.15) is 11.9 Å². The number of hydrogen-bond acceptors (Lipinski definition) is 4. The molecule has 5 nitrogen and oxygen atoms in total. The van der Waals surface area contributed by atoms with Crippen LogP contribution in [0.4, 0.5) is 13.2 Å². The number of aliphatic hydroxyl groups excluding tert-OH is 1. The molecule has 0 amide bonds. The number of amidine groups is 1. The van der Waals surface area contributed by atoms with E-state index in [0.717, 1.165) is 6.07 Å². The predicted molar refractivity (Wildman–Crippen MR) is 62.6 cm³/mol. The van der Waals surface area contributed by atoms with Gasteiger partial charge in [0.05, 0.1) is 0 Å². The average molecular weight is 277 g/mol. The summed E-state index contributed by atoms with van der Waals surface area (Å²) in [6, 6.07) is 3.70. The minimum atomic E-state index is -2.84. The number of nitrogens with zero attached hydrogens (tertiary/aromatic N) is 1. The molecule has 0 fully saturated rings. The van der Waals surface area contributed by atoms with Crippen molar-refractivity contribution in [2.45, 2.75) is 19.1 Å². The number of rotatable bonds is 6. The third kappa shape index (κ3) is 4.76. The summed E-state index contributed by atoms with van der Waals surface area (Å²) >= 11 is 0. The van der Waals surface area contributed by atoms with Crippen LogP contribution in [0.5, 0.6) is 0 Å². The molecule has 0 aromatic heterocycles. The Bertz CT molecular complexity index is 455. The Morgan fingerprint density at radius 3 is 2.63 bits per heavy atom. The largest absolute Gasteiger partial charge is 0.409 e. The molecule has 0 aliphatic rings. The topological polar surface area (TPSA) is 90.9 Å². The van der Waals surface area contributed by atoms with Crippen molar-refractivity contribution >= 4 is 5.84 Å². The van der Waals surface area contributed by atoms with Gasteiger partial charge in [0.25, 0.3) is 6.43 Å². The molecule has 1 rings (SSSR count). The van der Waals surface area contributed by atoms with Crippen LogP contribution in [0.1, 0.15) is 11.1 Å². The van der Waals surface area contributed by atoms with E-state index >= 15 is 0 Å². The number of hydrogen-bond donors (Lipinski definition) is 4. The molecule has 0 bridgehead atoms. The van der Waals surface area contributed by atoms with E-state index in [0.29, 0.717) is 5.56 Å². The number of alkyl halides is 2. The Balaban J connectivity index is 2.66. The van der Waals surface area contributed by atoms with Crippen LogP contribution in [0.25, 0.3) is 0 Å². The molecule has 1 unspecified atom stereocenters. The Hall–Kier alpha value is -1.80. The molecule has 0 aliphatic heterocycles. The van der Waals surface area contributed by atoms with Crippen LogP contribution < -0.4 is 11.1 Å². The molecule has 5 N–H and O–H groups in total.